The lowest BCUT2D eigenvalue weighted by Crippen LogP contribution is -2.39. The van der Waals surface area contributed by atoms with Crippen LogP contribution in [0.3, 0.4) is 0 Å². The molecule has 3 heteroatoms. The van der Waals surface area contributed by atoms with Gasteiger partial charge >= 0.3 is 11.9 Å². The summed E-state index contributed by atoms with van der Waals surface area (Å²) in [4.78, 5) is 26.4. The van der Waals surface area contributed by atoms with Gasteiger partial charge in [-0.3, -0.25) is 9.59 Å². The number of carbonyl (C=O) groups excluding carboxylic acids is 2. The summed E-state index contributed by atoms with van der Waals surface area (Å²) in [5, 5.41) is 0. The van der Waals surface area contributed by atoms with Gasteiger partial charge in [-0.15, -0.1) is 0 Å². The second kappa shape index (κ2) is 26.4. The van der Waals surface area contributed by atoms with Gasteiger partial charge in [0.05, 0.1) is 11.8 Å². The predicted octanol–water partition coefficient (Wildman–Crippen LogP) is 18.2. The molecule has 1 heterocycles. The number of esters is 2. The van der Waals surface area contributed by atoms with E-state index in [9.17, 15) is 9.59 Å². The average molecular weight is 914 g/mol. The average Bonchev–Trinajstić information content (AvgIpc) is 3.59. The van der Waals surface area contributed by atoms with Crippen LogP contribution in [0.4, 0.5) is 0 Å². The van der Waals surface area contributed by atoms with E-state index in [1.54, 1.807) is 0 Å². The van der Waals surface area contributed by atoms with Crippen LogP contribution >= 0.6 is 0 Å². The molecule has 1 saturated heterocycles. The van der Waals surface area contributed by atoms with Crippen LogP contribution in [0.1, 0.15) is 208 Å². The lowest BCUT2D eigenvalue weighted by molar-refractivity contribution is -0.154. The summed E-state index contributed by atoms with van der Waals surface area (Å²) >= 11 is 0. The lowest BCUT2D eigenvalue weighted by Gasteiger charge is -2.45. The van der Waals surface area contributed by atoms with Crippen LogP contribution < -0.4 is 0 Å². The van der Waals surface area contributed by atoms with Crippen molar-refractivity contribution in [2.75, 3.05) is 0 Å². The van der Waals surface area contributed by atoms with Gasteiger partial charge in [-0.1, -0.05) is 208 Å². The van der Waals surface area contributed by atoms with E-state index in [1.165, 1.54) is 0 Å². The van der Waals surface area contributed by atoms with Crippen LogP contribution in [0.5, 0.6) is 0 Å². The number of ether oxygens (including phenoxy) is 1. The zero-order valence-electron chi connectivity index (χ0n) is 49.5. The summed E-state index contributed by atoms with van der Waals surface area (Å²) in [6.45, 7) is 74.0. The van der Waals surface area contributed by atoms with Gasteiger partial charge < -0.3 is 4.74 Å². The van der Waals surface area contributed by atoms with Crippen molar-refractivity contribution in [3.8, 4) is 0 Å². The second-order valence-corrected chi connectivity index (χ2v) is 26.6. The first-order valence-electron chi connectivity index (χ1n) is 28.4. The van der Waals surface area contributed by atoms with Gasteiger partial charge in [0.15, 0.2) is 0 Å². The molecule has 0 spiro atoms. The molecule has 0 aromatic rings. The third-order valence-corrected chi connectivity index (χ3v) is 24.3. The number of cyclic esters (lactones) is 2. The van der Waals surface area contributed by atoms with Crippen LogP contribution in [-0.2, 0) is 14.3 Å². The van der Waals surface area contributed by atoms with E-state index < -0.39 is 0 Å². The Hall–Kier alpha value is -0.860. The Bertz CT molecular complexity index is 1380. The Morgan fingerprint density at radius 3 is 0.523 bits per heavy atom. The Kier molecular flexibility index (Phi) is 25.2. The number of rotatable bonds is 28. The standard InChI is InChI=1S/C62H120O3/c1-31(2)33(5)35(7)36(8)37(9)38(10)39(11)40(12)41(13)42(14)43(15)44(16)45(17)46(18)47(19)48(20)49(21)50(22)51(23)52(24)53(25)54(26)55(27)56(28)58(30)60-59(61(63)65-62(60)64)57(29)34(6)32(3)4/h31-60H,1-30H3. The molecule has 65 heavy (non-hydrogen) atoms. The maximum atomic E-state index is 13.3. The van der Waals surface area contributed by atoms with E-state index in [1.807, 2.05) is 0 Å². The minimum atomic E-state index is -0.357. The molecule has 386 valence electrons. The van der Waals surface area contributed by atoms with Gasteiger partial charge in [0.25, 0.3) is 0 Å². The fraction of sp³-hybridized carbons (Fsp3) is 0.968. The topological polar surface area (TPSA) is 43.4 Å². The normalized spacial score (nSPS) is 28.6. The van der Waals surface area contributed by atoms with E-state index in [4.69, 9.17) is 4.74 Å². The second-order valence-electron chi connectivity index (χ2n) is 26.6. The molecule has 1 aliphatic rings. The van der Waals surface area contributed by atoms with Crippen molar-refractivity contribution < 1.29 is 14.3 Å². The van der Waals surface area contributed by atoms with Gasteiger partial charge in [-0.25, -0.2) is 0 Å². The largest absolute Gasteiger partial charge is 0.393 e. The highest BCUT2D eigenvalue weighted by Gasteiger charge is 2.52. The number of hydrogen-bond donors (Lipinski definition) is 0. The van der Waals surface area contributed by atoms with E-state index in [0.717, 1.165) is 29.6 Å². The van der Waals surface area contributed by atoms with E-state index in [-0.39, 0.29) is 35.6 Å². The van der Waals surface area contributed by atoms with Gasteiger partial charge in [-0.05, 0) is 166 Å². The molecule has 0 amide bonds. The van der Waals surface area contributed by atoms with Crippen LogP contribution in [0.25, 0.3) is 0 Å². The highest BCUT2D eigenvalue weighted by Crippen LogP contribution is 2.49. The summed E-state index contributed by atoms with van der Waals surface area (Å²) < 4.78 is 5.39. The monoisotopic (exact) mass is 913 g/mol. The molecule has 0 bridgehead atoms. The molecule has 1 rings (SSSR count). The summed E-state index contributed by atoms with van der Waals surface area (Å²) in [6.07, 6.45) is 0. The minimum absolute atomic E-state index is 0.0810. The van der Waals surface area contributed by atoms with Gasteiger partial charge in [-0.2, -0.15) is 0 Å². The molecule has 1 aliphatic heterocycles. The molecule has 28 atom stereocenters. The SMILES string of the molecule is CC(C)C(C)C(C)C(C)C(C)C(C)C(C)C(C)C(C)C(C)C(C)C(C)C(C)C(C)C(C)C(C)C(C)C(C)C(C)C(C)C(C)C(C)C(C)C(C)C(C)C1C(=O)OC(=O)C1C(C)C(C)C(C)C. The third-order valence-electron chi connectivity index (χ3n) is 24.3. The van der Waals surface area contributed by atoms with E-state index >= 15 is 0 Å². The summed E-state index contributed by atoms with van der Waals surface area (Å²) in [6, 6.07) is 0. The maximum Gasteiger partial charge on any atom is 0.317 e. The molecular formula is C62H120O3. The number of hydrogen-bond acceptors (Lipinski definition) is 3. The van der Waals surface area contributed by atoms with Crippen LogP contribution in [0.15, 0.2) is 0 Å². The highest BCUT2D eigenvalue weighted by molar-refractivity contribution is 5.96. The molecular weight excluding hydrogens is 793 g/mol. The molecule has 0 radical (unpaired) electrons. The molecule has 3 nitrogen and oxygen atoms in total. The predicted molar refractivity (Wildman–Crippen MR) is 286 cm³/mol. The smallest absolute Gasteiger partial charge is 0.317 e. The molecule has 1 fully saturated rings. The molecule has 0 aliphatic carbocycles. The Morgan fingerprint density at radius 1 is 0.215 bits per heavy atom. The highest BCUT2D eigenvalue weighted by atomic mass is 16.6. The fourth-order valence-electron chi connectivity index (χ4n) is 14.0. The molecule has 28 unspecified atom stereocenters. The minimum Gasteiger partial charge on any atom is -0.393 e. The maximum absolute atomic E-state index is 13.3. The van der Waals surface area contributed by atoms with Crippen molar-refractivity contribution in [2.45, 2.75) is 208 Å². The van der Waals surface area contributed by atoms with Crippen LogP contribution in [0, 0.1) is 178 Å². The molecule has 0 aromatic heterocycles. The lowest BCUT2D eigenvalue weighted by atomic mass is 9.61. The molecule has 0 N–H and O–H groups in total. The third kappa shape index (κ3) is 14.6. The molecule has 0 aromatic carbocycles. The van der Waals surface area contributed by atoms with E-state index in [2.05, 4.69) is 208 Å². The summed E-state index contributed by atoms with van der Waals surface area (Å²) in [7, 11) is 0. The van der Waals surface area contributed by atoms with Crippen LogP contribution in [-0.4, -0.2) is 11.9 Å². The van der Waals surface area contributed by atoms with Gasteiger partial charge in [0, 0.05) is 0 Å². The summed E-state index contributed by atoms with van der Waals surface area (Å²) in [5.74, 6) is 15.0. The van der Waals surface area contributed by atoms with Gasteiger partial charge in [0.2, 0.25) is 0 Å². The fourth-order valence-corrected chi connectivity index (χ4v) is 14.0. The first-order chi connectivity index (χ1) is 29.6. The van der Waals surface area contributed by atoms with Crippen molar-refractivity contribution in [2.24, 2.45) is 178 Å². The first kappa shape index (κ1) is 62.2. The Morgan fingerprint density at radius 2 is 0.354 bits per heavy atom. The number of carbonyl (C=O) groups is 2. The van der Waals surface area contributed by atoms with Crippen molar-refractivity contribution in [1.82, 2.24) is 0 Å². The Balaban J connectivity index is 3.01. The van der Waals surface area contributed by atoms with Crippen molar-refractivity contribution in [3.05, 3.63) is 0 Å². The van der Waals surface area contributed by atoms with E-state index in [0.29, 0.717) is 124 Å². The zero-order valence-corrected chi connectivity index (χ0v) is 49.5. The summed E-state index contributed by atoms with van der Waals surface area (Å²) in [5.41, 5.74) is 0. The van der Waals surface area contributed by atoms with Crippen molar-refractivity contribution in [3.63, 3.8) is 0 Å². The first-order valence-corrected chi connectivity index (χ1v) is 28.4. The Labute approximate surface area is 409 Å². The van der Waals surface area contributed by atoms with Gasteiger partial charge in [0.1, 0.15) is 0 Å². The van der Waals surface area contributed by atoms with Crippen molar-refractivity contribution >= 4 is 11.9 Å². The quantitative estimate of drug-likeness (QED) is 0.0580. The zero-order chi connectivity index (χ0) is 51.2. The van der Waals surface area contributed by atoms with Crippen LogP contribution in [0.2, 0.25) is 0 Å². The molecule has 0 saturated carbocycles. The van der Waals surface area contributed by atoms with Crippen molar-refractivity contribution in [1.29, 1.82) is 0 Å².